The van der Waals surface area contributed by atoms with E-state index >= 15 is 0 Å². The molecule has 116 valence electrons. The number of aryl methyl sites for hydroxylation is 1. The minimum Gasteiger partial charge on any atom is -0.326 e. The van der Waals surface area contributed by atoms with E-state index in [-0.39, 0.29) is 23.8 Å². The Kier molecular flexibility index (Phi) is 5.33. The molecule has 0 aliphatic rings. The van der Waals surface area contributed by atoms with E-state index in [1.807, 2.05) is 43.3 Å². The van der Waals surface area contributed by atoms with Crippen LogP contribution in [-0.2, 0) is 20.4 Å². The SMILES string of the molecule is Cc1cccc(CS(=O)(=O)CCC(=O)Nc2ccccc2)c1. The quantitative estimate of drug-likeness (QED) is 0.891. The molecule has 0 unspecified atom stereocenters. The van der Waals surface area contributed by atoms with Crippen molar-refractivity contribution in [1.29, 1.82) is 0 Å². The number of para-hydroxylation sites is 1. The zero-order valence-corrected chi connectivity index (χ0v) is 13.3. The van der Waals surface area contributed by atoms with Crippen LogP contribution in [0, 0.1) is 6.92 Å². The highest BCUT2D eigenvalue weighted by Crippen LogP contribution is 2.11. The fraction of sp³-hybridized carbons (Fsp3) is 0.235. The molecular weight excluding hydrogens is 298 g/mol. The van der Waals surface area contributed by atoms with E-state index in [1.165, 1.54) is 0 Å². The molecule has 2 aromatic carbocycles. The van der Waals surface area contributed by atoms with E-state index in [4.69, 9.17) is 0 Å². The molecule has 0 radical (unpaired) electrons. The predicted molar refractivity (Wildman–Crippen MR) is 88.4 cm³/mol. The van der Waals surface area contributed by atoms with Crippen LogP contribution in [0.2, 0.25) is 0 Å². The molecule has 1 N–H and O–H groups in total. The molecule has 0 aromatic heterocycles. The Balaban J connectivity index is 1.88. The van der Waals surface area contributed by atoms with Crippen LogP contribution in [0.1, 0.15) is 17.5 Å². The number of rotatable bonds is 6. The monoisotopic (exact) mass is 317 g/mol. The van der Waals surface area contributed by atoms with Crippen LogP contribution in [0.4, 0.5) is 5.69 Å². The summed E-state index contributed by atoms with van der Waals surface area (Å²) in [6, 6.07) is 16.4. The topological polar surface area (TPSA) is 63.2 Å². The Labute approximate surface area is 131 Å². The van der Waals surface area contributed by atoms with Gasteiger partial charge >= 0.3 is 0 Å². The summed E-state index contributed by atoms with van der Waals surface area (Å²) in [4.78, 5) is 11.8. The first-order chi connectivity index (χ1) is 10.4. The molecule has 0 aliphatic carbocycles. The third-order valence-corrected chi connectivity index (χ3v) is 4.77. The van der Waals surface area contributed by atoms with E-state index in [9.17, 15) is 13.2 Å². The van der Waals surface area contributed by atoms with Crippen LogP contribution < -0.4 is 5.32 Å². The van der Waals surface area contributed by atoms with Crippen molar-refractivity contribution in [3.05, 3.63) is 65.7 Å². The minimum absolute atomic E-state index is 0.0344. The molecule has 0 aliphatic heterocycles. The molecule has 0 atom stereocenters. The highest BCUT2D eigenvalue weighted by molar-refractivity contribution is 7.90. The van der Waals surface area contributed by atoms with Gasteiger partial charge in [-0.1, -0.05) is 48.0 Å². The number of carbonyl (C=O) groups is 1. The lowest BCUT2D eigenvalue weighted by Gasteiger charge is -2.07. The number of hydrogen-bond acceptors (Lipinski definition) is 3. The highest BCUT2D eigenvalue weighted by Gasteiger charge is 2.14. The third-order valence-electron chi connectivity index (χ3n) is 3.17. The molecule has 0 saturated carbocycles. The molecule has 0 heterocycles. The van der Waals surface area contributed by atoms with Gasteiger partial charge in [0, 0.05) is 12.1 Å². The maximum atomic E-state index is 12.1. The van der Waals surface area contributed by atoms with Crippen LogP contribution >= 0.6 is 0 Å². The Morgan fingerprint density at radius 1 is 1.05 bits per heavy atom. The number of hydrogen-bond donors (Lipinski definition) is 1. The maximum Gasteiger partial charge on any atom is 0.225 e. The second kappa shape index (κ2) is 7.22. The maximum absolute atomic E-state index is 12.1. The van der Waals surface area contributed by atoms with E-state index in [0.29, 0.717) is 5.69 Å². The van der Waals surface area contributed by atoms with E-state index in [2.05, 4.69) is 5.32 Å². The predicted octanol–water partition coefficient (Wildman–Crippen LogP) is 2.94. The van der Waals surface area contributed by atoms with Gasteiger partial charge in [0.05, 0.1) is 11.5 Å². The Hall–Kier alpha value is -2.14. The minimum atomic E-state index is -3.30. The molecule has 0 spiro atoms. The van der Waals surface area contributed by atoms with Gasteiger partial charge in [-0.05, 0) is 24.6 Å². The van der Waals surface area contributed by atoms with Crippen molar-refractivity contribution >= 4 is 21.4 Å². The molecule has 4 nitrogen and oxygen atoms in total. The molecule has 1 amide bonds. The fourth-order valence-electron chi connectivity index (χ4n) is 2.12. The number of amides is 1. The number of benzene rings is 2. The van der Waals surface area contributed by atoms with Crippen molar-refractivity contribution in [2.75, 3.05) is 11.1 Å². The molecule has 0 fully saturated rings. The van der Waals surface area contributed by atoms with Crippen LogP contribution in [0.5, 0.6) is 0 Å². The van der Waals surface area contributed by atoms with E-state index < -0.39 is 9.84 Å². The third kappa shape index (κ3) is 5.33. The average molecular weight is 317 g/mol. The Morgan fingerprint density at radius 2 is 1.77 bits per heavy atom. The Bertz CT molecular complexity index is 740. The summed E-state index contributed by atoms with van der Waals surface area (Å²) in [6.45, 7) is 1.92. The lowest BCUT2D eigenvalue weighted by Crippen LogP contribution is -2.18. The van der Waals surface area contributed by atoms with Crippen LogP contribution in [0.25, 0.3) is 0 Å². The smallest absolute Gasteiger partial charge is 0.225 e. The summed E-state index contributed by atoms with van der Waals surface area (Å²) >= 11 is 0. The van der Waals surface area contributed by atoms with Crippen LogP contribution in [-0.4, -0.2) is 20.1 Å². The number of nitrogens with one attached hydrogen (secondary N) is 1. The largest absolute Gasteiger partial charge is 0.326 e. The van der Waals surface area contributed by atoms with Gasteiger partial charge < -0.3 is 5.32 Å². The molecule has 2 rings (SSSR count). The zero-order valence-electron chi connectivity index (χ0n) is 12.5. The summed E-state index contributed by atoms with van der Waals surface area (Å²) in [7, 11) is -3.30. The number of anilines is 1. The van der Waals surface area contributed by atoms with E-state index in [0.717, 1.165) is 11.1 Å². The van der Waals surface area contributed by atoms with Crippen molar-refractivity contribution in [2.24, 2.45) is 0 Å². The summed E-state index contributed by atoms with van der Waals surface area (Å²) in [6.07, 6.45) is -0.0386. The fourth-order valence-corrected chi connectivity index (χ4v) is 3.45. The number of carbonyl (C=O) groups excluding carboxylic acids is 1. The van der Waals surface area contributed by atoms with Gasteiger partial charge in [-0.25, -0.2) is 8.42 Å². The Morgan fingerprint density at radius 3 is 2.45 bits per heavy atom. The molecule has 5 heteroatoms. The van der Waals surface area contributed by atoms with E-state index in [1.54, 1.807) is 18.2 Å². The van der Waals surface area contributed by atoms with Crippen molar-refractivity contribution in [1.82, 2.24) is 0 Å². The van der Waals surface area contributed by atoms with Gasteiger partial charge in [0.1, 0.15) is 0 Å². The van der Waals surface area contributed by atoms with Gasteiger partial charge in [0.2, 0.25) is 5.91 Å². The van der Waals surface area contributed by atoms with Crippen LogP contribution in [0.3, 0.4) is 0 Å². The molecule has 22 heavy (non-hydrogen) atoms. The summed E-state index contributed by atoms with van der Waals surface area (Å²) < 4.78 is 24.2. The van der Waals surface area contributed by atoms with Crippen molar-refractivity contribution in [3.8, 4) is 0 Å². The molecule has 0 bridgehead atoms. The van der Waals surface area contributed by atoms with Crippen LogP contribution in [0.15, 0.2) is 54.6 Å². The first-order valence-electron chi connectivity index (χ1n) is 7.05. The van der Waals surface area contributed by atoms with Gasteiger partial charge in [0.25, 0.3) is 0 Å². The lowest BCUT2D eigenvalue weighted by molar-refractivity contribution is -0.115. The lowest BCUT2D eigenvalue weighted by atomic mass is 10.2. The second-order valence-electron chi connectivity index (χ2n) is 5.25. The zero-order chi connectivity index (χ0) is 16.0. The van der Waals surface area contributed by atoms with Gasteiger partial charge in [0.15, 0.2) is 9.84 Å². The summed E-state index contributed by atoms with van der Waals surface area (Å²) in [5.74, 6) is -0.480. The highest BCUT2D eigenvalue weighted by atomic mass is 32.2. The molecule has 2 aromatic rings. The van der Waals surface area contributed by atoms with Crippen molar-refractivity contribution < 1.29 is 13.2 Å². The summed E-state index contributed by atoms with van der Waals surface area (Å²) in [5, 5.41) is 2.68. The van der Waals surface area contributed by atoms with Gasteiger partial charge in [-0.2, -0.15) is 0 Å². The number of sulfone groups is 1. The van der Waals surface area contributed by atoms with Gasteiger partial charge in [-0.15, -0.1) is 0 Å². The normalized spacial score (nSPS) is 11.1. The molecule has 0 saturated heterocycles. The van der Waals surface area contributed by atoms with Gasteiger partial charge in [-0.3, -0.25) is 4.79 Å². The first kappa shape index (κ1) is 16.2. The van der Waals surface area contributed by atoms with Crippen molar-refractivity contribution in [2.45, 2.75) is 19.1 Å². The second-order valence-corrected chi connectivity index (χ2v) is 7.43. The van der Waals surface area contributed by atoms with Crippen molar-refractivity contribution in [3.63, 3.8) is 0 Å². The molecular formula is C17H19NO3S. The summed E-state index contributed by atoms with van der Waals surface area (Å²) in [5.41, 5.74) is 2.45. The average Bonchev–Trinajstić information content (AvgIpc) is 2.46. The first-order valence-corrected chi connectivity index (χ1v) is 8.88. The standard InChI is InChI=1S/C17H19NO3S/c1-14-6-5-7-15(12-14)13-22(20,21)11-10-17(19)18-16-8-3-2-4-9-16/h2-9,12H,10-11,13H2,1H3,(H,18,19).